The summed E-state index contributed by atoms with van der Waals surface area (Å²) in [4.78, 5) is 10.6. The van der Waals surface area contributed by atoms with Crippen molar-refractivity contribution in [1.29, 1.82) is 0 Å². The van der Waals surface area contributed by atoms with Gasteiger partial charge in [-0.2, -0.15) is 13.2 Å². The van der Waals surface area contributed by atoms with Crippen LogP contribution in [0.4, 0.5) is 13.2 Å². The molecule has 0 aliphatic carbocycles. The summed E-state index contributed by atoms with van der Waals surface area (Å²) in [6.07, 6.45) is -3.79. The van der Waals surface area contributed by atoms with Crippen molar-refractivity contribution < 1.29 is 22.7 Å². The number of carbonyl (C=O) groups is 1. The summed E-state index contributed by atoms with van der Waals surface area (Å²) in [6, 6.07) is 3.39. The molecule has 1 atom stereocenters. The second-order valence-electron chi connectivity index (χ2n) is 4.92. The van der Waals surface area contributed by atoms with Gasteiger partial charge in [0.15, 0.2) is 6.29 Å². The zero-order valence-electron chi connectivity index (χ0n) is 11.1. The zero-order chi connectivity index (χ0) is 14.6. The average Bonchev–Trinajstić information content (AvgIpc) is 2.26. The summed E-state index contributed by atoms with van der Waals surface area (Å²) in [5.74, 6) is 0.525. The molecule has 0 aromatic heterocycles. The maximum Gasteiger partial charge on any atom is 0.417 e. The van der Waals surface area contributed by atoms with Crippen molar-refractivity contribution in [2.24, 2.45) is 5.92 Å². The van der Waals surface area contributed by atoms with Gasteiger partial charge in [-0.15, -0.1) is 0 Å². The summed E-state index contributed by atoms with van der Waals surface area (Å²) in [5.41, 5.74) is -1.34. The third-order valence-electron chi connectivity index (χ3n) is 2.60. The van der Waals surface area contributed by atoms with Crippen molar-refractivity contribution in [1.82, 2.24) is 0 Å². The number of hydrogen-bond acceptors (Lipinski definition) is 2. The monoisotopic (exact) mass is 274 g/mol. The lowest BCUT2D eigenvalue weighted by molar-refractivity contribution is -0.138. The maximum atomic E-state index is 12.7. The van der Waals surface area contributed by atoms with Gasteiger partial charge in [-0.1, -0.05) is 13.8 Å². The van der Waals surface area contributed by atoms with Gasteiger partial charge < -0.3 is 4.74 Å². The Morgan fingerprint density at radius 2 is 1.89 bits per heavy atom. The molecule has 0 aliphatic heterocycles. The minimum absolute atomic E-state index is 0.131. The molecule has 106 valence electrons. The van der Waals surface area contributed by atoms with Gasteiger partial charge in [-0.3, -0.25) is 4.79 Å². The number of rotatable bonds is 5. The molecular weight excluding hydrogens is 257 g/mol. The van der Waals surface area contributed by atoms with Crippen LogP contribution in [0.2, 0.25) is 0 Å². The minimum atomic E-state index is -4.56. The molecule has 0 radical (unpaired) electrons. The highest BCUT2D eigenvalue weighted by Gasteiger charge is 2.33. The zero-order valence-corrected chi connectivity index (χ0v) is 11.1. The number of carbonyl (C=O) groups excluding carboxylic acids is 1. The molecule has 0 N–H and O–H groups in total. The van der Waals surface area contributed by atoms with Crippen molar-refractivity contribution >= 4 is 6.29 Å². The molecule has 0 heterocycles. The van der Waals surface area contributed by atoms with E-state index in [0.29, 0.717) is 5.92 Å². The van der Waals surface area contributed by atoms with E-state index in [2.05, 4.69) is 0 Å². The Balaban J connectivity index is 2.96. The first-order valence-electron chi connectivity index (χ1n) is 6.07. The van der Waals surface area contributed by atoms with Crippen LogP contribution < -0.4 is 4.74 Å². The highest BCUT2D eigenvalue weighted by atomic mass is 19.4. The fourth-order valence-corrected chi connectivity index (χ4v) is 1.90. The van der Waals surface area contributed by atoms with E-state index >= 15 is 0 Å². The number of hydrogen-bond donors (Lipinski definition) is 0. The lowest BCUT2D eigenvalue weighted by Crippen LogP contribution is -2.15. The van der Waals surface area contributed by atoms with Gasteiger partial charge >= 0.3 is 6.18 Å². The molecule has 1 aromatic rings. The lowest BCUT2D eigenvalue weighted by Gasteiger charge is -2.18. The summed E-state index contributed by atoms with van der Waals surface area (Å²) in [6.45, 7) is 5.83. The molecule has 0 fully saturated rings. The topological polar surface area (TPSA) is 26.3 Å². The van der Waals surface area contributed by atoms with Crippen molar-refractivity contribution in [2.75, 3.05) is 0 Å². The highest BCUT2D eigenvalue weighted by Crippen LogP contribution is 2.34. The van der Waals surface area contributed by atoms with Gasteiger partial charge in [0, 0.05) is 5.56 Å². The number of alkyl halides is 3. The van der Waals surface area contributed by atoms with E-state index in [-0.39, 0.29) is 23.7 Å². The van der Waals surface area contributed by atoms with E-state index in [0.717, 1.165) is 18.6 Å². The van der Waals surface area contributed by atoms with Crippen molar-refractivity contribution in [3.8, 4) is 5.75 Å². The second kappa shape index (κ2) is 6.08. The Morgan fingerprint density at radius 1 is 1.26 bits per heavy atom. The smallest absolute Gasteiger partial charge is 0.417 e. The quantitative estimate of drug-likeness (QED) is 0.747. The predicted molar refractivity (Wildman–Crippen MR) is 66.4 cm³/mol. The van der Waals surface area contributed by atoms with E-state index < -0.39 is 11.7 Å². The minimum Gasteiger partial charge on any atom is -0.491 e. The molecule has 19 heavy (non-hydrogen) atoms. The molecule has 1 aromatic carbocycles. The van der Waals surface area contributed by atoms with Gasteiger partial charge in [-0.05, 0) is 37.5 Å². The first-order valence-corrected chi connectivity index (χ1v) is 6.07. The molecule has 1 unspecified atom stereocenters. The Hall–Kier alpha value is -1.52. The molecule has 0 spiro atoms. The first-order chi connectivity index (χ1) is 8.74. The molecule has 1 rings (SSSR count). The van der Waals surface area contributed by atoms with Crippen LogP contribution in [0.15, 0.2) is 18.2 Å². The van der Waals surface area contributed by atoms with Crippen molar-refractivity contribution in [2.45, 2.75) is 39.5 Å². The maximum absolute atomic E-state index is 12.7. The third kappa shape index (κ3) is 4.58. The molecule has 2 nitrogen and oxygen atoms in total. The fourth-order valence-electron chi connectivity index (χ4n) is 1.90. The second-order valence-corrected chi connectivity index (χ2v) is 4.92. The van der Waals surface area contributed by atoms with Crippen molar-refractivity contribution in [3.63, 3.8) is 0 Å². The molecule has 5 heteroatoms. The molecule has 0 saturated carbocycles. The molecule has 0 saturated heterocycles. The molecular formula is C14H17F3O2. The molecule has 0 aliphatic rings. The Morgan fingerprint density at radius 3 is 2.37 bits per heavy atom. The summed E-state index contributed by atoms with van der Waals surface area (Å²) in [7, 11) is 0. The number of ether oxygens (including phenoxy) is 1. The van der Waals surface area contributed by atoms with Crippen LogP contribution in [-0.4, -0.2) is 12.4 Å². The van der Waals surface area contributed by atoms with Crippen LogP contribution in [-0.2, 0) is 6.18 Å². The largest absolute Gasteiger partial charge is 0.491 e. The highest BCUT2D eigenvalue weighted by molar-refractivity contribution is 5.78. The Kier molecular flexibility index (Phi) is 4.97. The van der Waals surface area contributed by atoms with Crippen LogP contribution in [0, 0.1) is 5.92 Å². The van der Waals surface area contributed by atoms with Crippen LogP contribution in [0.3, 0.4) is 0 Å². The van der Waals surface area contributed by atoms with Gasteiger partial charge in [0.1, 0.15) is 5.75 Å². The Labute approximate surface area is 110 Å². The summed E-state index contributed by atoms with van der Waals surface area (Å²) >= 11 is 0. The van der Waals surface area contributed by atoms with E-state index in [1.54, 1.807) is 6.92 Å². The predicted octanol–water partition coefficient (Wildman–Crippen LogP) is 4.33. The van der Waals surface area contributed by atoms with E-state index in [1.807, 2.05) is 13.8 Å². The van der Waals surface area contributed by atoms with Gasteiger partial charge in [0.05, 0.1) is 11.7 Å². The third-order valence-corrected chi connectivity index (χ3v) is 2.60. The van der Waals surface area contributed by atoms with Crippen LogP contribution >= 0.6 is 0 Å². The average molecular weight is 274 g/mol. The Bertz CT molecular complexity index is 439. The van der Waals surface area contributed by atoms with E-state index in [1.165, 1.54) is 6.07 Å². The van der Waals surface area contributed by atoms with Gasteiger partial charge in [0.2, 0.25) is 0 Å². The molecule has 0 amide bonds. The van der Waals surface area contributed by atoms with Crippen LogP contribution in [0.1, 0.15) is 43.1 Å². The van der Waals surface area contributed by atoms with Crippen molar-refractivity contribution in [3.05, 3.63) is 29.3 Å². The molecule has 0 bridgehead atoms. The van der Waals surface area contributed by atoms with Crippen LogP contribution in [0.25, 0.3) is 0 Å². The summed E-state index contributed by atoms with van der Waals surface area (Å²) < 4.78 is 43.7. The van der Waals surface area contributed by atoms with Crippen LogP contribution in [0.5, 0.6) is 5.75 Å². The lowest BCUT2D eigenvalue weighted by atomic mass is 10.1. The first kappa shape index (κ1) is 15.5. The van der Waals surface area contributed by atoms with Gasteiger partial charge in [-0.25, -0.2) is 0 Å². The summed E-state index contributed by atoms with van der Waals surface area (Å²) in [5, 5.41) is 0. The standard InChI is InChI=1S/C14H17F3O2/c1-9(2)6-10(3)19-12-5-4-11(8-18)13(7-12)14(15,16)17/h4-5,7-10H,6H2,1-3H3. The fraction of sp³-hybridized carbons (Fsp3) is 0.500. The number of halogens is 3. The number of aldehydes is 1. The number of benzene rings is 1. The van der Waals surface area contributed by atoms with Gasteiger partial charge in [0.25, 0.3) is 0 Å². The normalized spacial score (nSPS) is 13.4. The van der Waals surface area contributed by atoms with E-state index in [9.17, 15) is 18.0 Å². The SMILES string of the molecule is CC(C)CC(C)Oc1ccc(C=O)c(C(F)(F)F)c1. The van der Waals surface area contributed by atoms with E-state index in [4.69, 9.17) is 4.74 Å².